The number of pyridine rings is 1. The molecule has 318 valence electrons. The highest BCUT2D eigenvalue weighted by molar-refractivity contribution is 6.09. The summed E-state index contributed by atoms with van der Waals surface area (Å²) in [5.74, 6) is -0.453. The minimum absolute atomic E-state index is 0. The number of likely N-dealkylation sites (tertiary alicyclic amines) is 1. The van der Waals surface area contributed by atoms with Crippen LogP contribution in [-0.2, 0) is 28.7 Å². The van der Waals surface area contributed by atoms with E-state index >= 15 is 0 Å². The van der Waals surface area contributed by atoms with Crippen molar-refractivity contribution in [1.82, 2.24) is 30.3 Å². The molecule has 0 bridgehead atoms. The first-order valence-electron chi connectivity index (χ1n) is 18.7. The molecular formula is C42H67N7O8. The third-order valence-corrected chi connectivity index (χ3v) is 9.40. The number of nitrogens with zero attached hydrogens (tertiary/aromatic N) is 3. The molecule has 5 atom stereocenters. The zero-order valence-electron chi connectivity index (χ0n) is 33.7. The lowest BCUT2D eigenvalue weighted by Crippen LogP contribution is -2.59. The number of H-pyrrole nitrogens is 1. The highest BCUT2D eigenvalue weighted by Gasteiger charge is 2.59. The summed E-state index contributed by atoms with van der Waals surface area (Å²) < 4.78 is 7.10. The van der Waals surface area contributed by atoms with Crippen molar-refractivity contribution < 1.29 is 37.8 Å². The highest BCUT2D eigenvalue weighted by atomic mass is 16.6. The molecule has 1 aliphatic heterocycles. The van der Waals surface area contributed by atoms with E-state index < -0.39 is 46.5 Å². The van der Waals surface area contributed by atoms with Crippen molar-refractivity contribution in [1.29, 1.82) is 0 Å². The van der Waals surface area contributed by atoms with Gasteiger partial charge < -0.3 is 31.0 Å². The summed E-state index contributed by atoms with van der Waals surface area (Å²) in [6, 6.07) is 7.72. The Morgan fingerprint density at radius 2 is 1.70 bits per heavy atom. The monoisotopic (exact) mass is 798 g/mol. The standard InChI is InChI=1S/C23H38N4O5.C12H9N3O.C4H8.C2H2O2.CH4.3H2/c1-9-14-11-23(14,19(24)30)26-17(28)15-10-13(2)12-27(15)18(29)16(21(3,4)5)25-20(31)32-22(6,7)8;16-12-11-3-2-10(15-7-1-5-14-15)8-9(11)4-6-13-12;1-4-2-3-4;3-1-2-4;;;;/h9,13-16H,1,10-12H2,2-8H3,(H2,24,30)(H,25,31)(H,26,28);1-8H,(H,13,16);4H,2-3H2,1H3;1-2H;1H4;3*1H/t13?,14-,15+,16-,23-;;;;;;;/m1......./s1. The Labute approximate surface area is 339 Å². The number of carbonyl (C=O) groups is 6. The zero-order valence-corrected chi connectivity index (χ0v) is 33.7. The Kier molecular flexibility index (Phi) is 16.7. The van der Waals surface area contributed by atoms with Gasteiger partial charge in [-0.05, 0) is 86.6 Å². The Balaban J connectivity index is 0. The van der Waals surface area contributed by atoms with Crippen LogP contribution in [0.15, 0.2) is 66.4 Å². The molecule has 3 aliphatic rings. The summed E-state index contributed by atoms with van der Waals surface area (Å²) in [6.07, 6.45) is 10.4. The van der Waals surface area contributed by atoms with Crippen molar-refractivity contribution in [2.45, 2.75) is 112 Å². The predicted molar refractivity (Wildman–Crippen MR) is 226 cm³/mol. The normalized spacial score (nSPS) is 21.2. The van der Waals surface area contributed by atoms with Crippen molar-refractivity contribution in [2.75, 3.05) is 6.54 Å². The van der Waals surface area contributed by atoms with E-state index in [1.807, 2.05) is 64.2 Å². The van der Waals surface area contributed by atoms with Gasteiger partial charge in [0.05, 0.1) is 5.69 Å². The maximum atomic E-state index is 13.6. The second-order valence-corrected chi connectivity index (χ2v) is 16.6. The largest absolute Gasteiger partial charge is 0.444 e. The van der Waals surface area contributed by atoms with Crippen molar-refractivity contribution in [3.63, 3.8) is 0 Å². The van der Waals surface area contributed by atoms with E-state index in [9.17, 15) is 24.0 Å². The van der Waals surface area contributed by atoms with Crippen LogP contribution in [0.3, 0.4) is 0 Å². The fraction of sp³-hybridized carbons (Fsp3) is 0.524. The van der Waals surface area contributed by atoms with Crippen LogP contribution in [0.1, 0.15) is 92.8 Å². The van der Waals surface area contributed by atoms with Gasteiger partial charge in [-0.25, -0.2) is 9.48 Å². The molecule has 0 spiro atoms. The summed E-state index contributed by atoms with van der Waals surface area (Å²) in [5, 5.41) is 11.2. The van der Waals surface area contributed by atoms with E-state index in [2.05, 4.69) is 34.2 Å². The lowest BCUT2D eigenvalue weighted by Gasteiger charge is -2.36. The van der Waals surface area contributed by atoms with E-state index in [4.69, 9.17) is 20.1 Å². The average Bonchev–Trinajstić information content (AvgIpc) is 3.93. The van der Waals surface area contributed by atoms with Gasteiger partial charge in [-0.15, -0.1) is 6.58 Å². The third-order valence-electron chi connectivity index (χ3n) is 9.40. The molecule has 2 saturated carbocycles. The molecule has 0 radical (unpaired) electrons. The fourth-order valence-electron chi connectivity index (χ4n) is 6.05. The van der Waals surface area contributed by atoms with Gasteiger partial charge in [0.2, 0.25) is 17.7 Å². The first-order chi connectivity index (χ1) is 26.2. The van der Waals surface area contributed by atoms with Crippen LogP contribution < -0.4 is 21.9 Å². The molecule has 15 nitrogen and oxygen atoms in total. The number of fused-ring (bicyclic) bond motifs is 1. The number of ether oxygens (including phenoxy) is 1. The van der Waals surface area contributed by atoms with E-state index in [0.717, 1.165) is 17.0 Å². The molecule has 2 aliphatic carbocycles. The Morgan fingerprint density at radius 1 is 1.07 bits per heavy atom. The molecule has 57 heavy (non-hydrogen) atoms. The van der Waals surface area contributed by atoms with Crippen LogP contribution in [-0.4, -0.2) is 85.8 Å². The number of primary amides is 1. The van der Waals surface area contributed by atoms with Crippen LogP contribution in [0.4, 0.5) is 4.79 Å². The average molecular weight is 798 g/mol. The van der Waals surface area contributed by atoms with Crippen LogP contribution in [0.2, 0.25) is 0 Å². The van der Waals surface area contributed by atoms with Gasteiger partial charge in [0.15, 0.2) is 12.6 Å². The number of rotatable bonds is 8. The summed E-state index contributed by atoms with van der Waals surface area (Å²) in [5.41, 5.74) is 3.94. The van der Waals surface area contributed by atoms with Crippen molar-refractivity contribution in [3.8, 4) is 5.69 Å². The summed E-state index contributed by atoms with van der Waals surface area (Å²) >= 11 is 0. The third kappa shape index (κ3) is 13.5. The number of alkyl carbamates (subject to hydrolysis) is 1. The molecule has 1 saturated heterocycles. The smallest absolute Gasteiger partial charge is 0.408 e. The molecule has 2 aromatic heterocycles. The number of nitrogens with one attached hydrogen (secondary N) is 3. The first-order valence-corrected chi connectivity index (χ1v) is 18.7. The van der Waals surface area contributed by atoms with Crippen molar-refractivity contribution >= 4 is 47.2 Å². The number of hydrogen-bond acceptors (Lipinski definition) is 9. The molecular weight excluding hydrogens is 731 g/mol. The van der Waals surface area contributed by atoms with Gasteiger partial charge in [-0.1, -0.05) is 61.0 Å². The summed E-state index contributed by atoms with van der Waals surface area (Å²) in [4.78, 5) is 84.3. The quantitative estimate of drug-likeness (QED) is 0.127. The molecule has 1 unspecified atom stereocenters. The van der Waals surface area contributed by atoms with Gasteiger partial charge in [0.1, 0.15) is 23.2 Å². The number of aldehydes is 2. The molecule has 3 aromatic rings. The number of aromatic amines is 1. The molecule has 3 fully saturated rings. The van der Waals surface area contributed by atoms with Gasteiger partial charge in [-0.2, -0.15) is 5.10 Å². The van der Waals surface area contributed by atoms with E-state index in [1.165, 1.54) is 17.7 Å². The minimum Gasteiger partial charge on any atom is -0.444 e. The fourth-order valence-corrected chi connectivity index (χ4v) is 6.05. The topological polar surface area (TPSA) is 216 Å². The van der Waals surface area contributed by atoms with E-state index in [-0.39, 0.29) is 47.6 Å². The van der Waals surface area contributed by atoms with Crippen LogP contribution in [0.5, 0.6) is 0 Å². The summed E-state index contributed by atoms with van der Waals surface area (Å²) in [7, 11) is 0. The number of hydrogen-bond donors (Lipinski definition) is 4. The van der Waals surface area contributed by atoms with E-state index in [0.29, 0.717) is 24.8 Å². The number of nitrogens with two attached hydrogens (primary N) is 1. The van der Waals surface area contributed by atoms with Gasteiger partial charge in [0, 0.05) is 40.7 Å². The van der Waals surface area contributed by atoms with Crippen molar-refractivity contribution in [3.05, 3.63) is 71.9 Å². The first kappa shape index (κ1) is 47.6. The number of amides is 4. The summed E-state index contributed by atoms with van der Waals surface area (Å²) in [6.45, 7) is 19.0. The molecule has 6 rings (SSSR count). The maximum absolute atomic E-state index is 13.6. The number of aromatic nitrogens is 3. The van der Waals surface area contributed by atoms with Crippen molar-refractivity contribution in [2.24, 2.45) is 28.9 Å². The highest BCUT2D eigenvalue weighted by Crippen LogP contribution is 2.44. The number of carbonyl (C=O) groups excluding carboxylic acids is 6. The molecule has 5 N–H and O–H groups in total. The van der Waals surface area contributed by atoms with Gasteiger partial charge >= 0.3 is 6.09 Å². The van der Waals surface area contributed by atoms with Crippen LogP contribution in [0.25, 0.3) is 16.5 Å². The van der Waals surface area contributed by atoms with Gasteiger partial charge in [0.25, 0.3) is 5.56 Å². The second kappa shape index (κ2) is 20.0. The van der Waals surface area contributed by atoms with Gasteiger partial charge in [-0.3, -0.25) is 28.8 Å². The Bertz CT molecular complexity index is 1940. The Hall–Kier alpha value is -5.60. The second-order valence-electron chi connectivity index (χ2n) is 16.6. The lowest BCUT2D eigenvalue weighted by molar-refractivity contribution is -0.142. The zero-order chi connectivity index (χ0) is 42.0. The molecule has 3 heterocycles. The van der Waals surface area contributed by atoms with Crippen LogP contribution in [0, 0.1) is 23.2 Å². The molecule has 4 amide bonds. The Morgan fingerprint density at radius 3 is 2.18 bits per heavy atom. The van der Waals surface area contributed by atoms with Crippen LogP contribution >= 0.6 is 0 Å². The van der Waals surface area contributed by atoms with E-state index in [1.54, 1.807) is 43.9 Å². The molecule has 15 heteroatoms. The number of benzene rings is 1. The predicted octanol–water partition coefficient (Wildman–Crippen LogP) is 5.60. The lowest BCUT2D eigenvalue weighted by atomic mass is 9.85. The minimum atomic E-state index is -1.14. The molecule has 1 aromatic carbocycles. The maximum Gasteiger partial charge on any atom is 0.408 e. The SMILES string of the molecule is C.C=C[C@@H]1C[C@]1(NC(=O)[C@@H]1CC(C)CN1C(=O)[C@@H](NC(=O)OC(C)(C)C)C(C)(C)C)C(N)=O.CC1CC1.O=CC=O.O=c1[nH]ccc2cc(-n3cccn3)ccc12.[HH].[HH].[HH].